The van der Waals surface area contributed by atoms with E-state index in [0.29, 0.717) is 12.2 Å². The van der Waals surface area contributed by atoms with Gasteiger partial charge in [-0.15, -0.1) is 0 Å². The Morgan fingerprint density at radius 2 is 2.19 bits per heavy atom. The van der Waals surface area contributed by atoms with E-state index in [1.807, 2.05) is 38.1 Å². The minimum atomic E-state index is -0.275. The van der Waals surface area contributed by atoms with Crippen LogP contribution in [0.3, 0.4) is 0 Å². The van der Waals surface area contributed by atoms with Crippen LogP contribution in [0.15, 0.2) is 36.7 Å². The topological polar surface area (TPSA) is 68.2 Å². The van der Waals surface area contributed by atoms with Crippen LogP contribution in [0, 0.1) is 6.92 Å². The molecule has 0 fully saturated rings. The molecule has 1 heterocycles. The van der Waals surface area contributed by atoms with E-state index in [0.717, 1.165) is 11.3 Å². The fourth-order valence-corrected chi connectivity index (χ4v) is 1.84. The fourth-order valence-electron chi connectivity index (χ4n) is 1.84. The Hall–Kier alpha value is -2.50. The van der Waals surface area contributed by atoms with Crippen LogP contribution in [-0.2, 0) is 7.05 Å². The van der Waals surface area contributed by atoms with E-state index < -0.39 is 0 Å². The van der Waals surface area contributed by atoms with Gasteiger partial charge in [-0.1, -0.05) is 18.2 Å². The van der Waals surface area contributed by atoms with Gasteiger partial charge in [0.1, 0.15) is 11.9 Å². The molecule has 112 valence electrons. The number of hydrogen-bond donors (Lipinski definition) is 2. The highest BCUT2D eigenvalue weighted by molar-refractivity contribution is 5.88. The molecule has 0 saturated carbocycles. The molecule has 0 spiro atoms. The first-order valence-electron chi connectivity index (χ1n) is 6.80. The molecule has 0 aliphatic heterocycles. The average Bonchev–Trinajstić information content (AvgIpc) is 2.84. The number of aromatic nitrogens is 2. The summed E-state index contributed by atoms with van der Waals surface area (Å²) >= 11 is 0. The Morgan fingerprint density at radius 3 is 2.86 bits per heavy atom. The maximum atomic E-state index is 11.7. The summed E-state index contributed by atoms with van der Waals surface area (Å²) in [6, 6.07) is 7.53. The zero-order valence-electron chi connectivity index (χ0n) is 12.5. The summed E-state index contributed by atoms with van der Waals surface area (Å²) in [4.78, 5) is 11.7. The molecule has 1 aromatic heterocycles. The van der Waals surface area contributed by atoms with Crippen LogP contribution in [0.5, 0.6) is 5.75 Å². The lowest BCUT2D eigenvalue weighted by molar-refractivity contribution is 0.211. The van der Waals surface area contributed by atoms with Crippen molar-refractivity contribution in [3.05, 3.63) is 42.2 Å². The second-order valence-electron chi connectivity index (χ2n) is 4.93. The van der Waals surface area contributed by atoms with Gasteiger partial charge in [-0.3, -0.25) is 4.68 Å². The van der Waals surface area contributed by atoms with Gasteiger partial charge in [0.2, 0.25) is 0 Å². The maximum absolute atomic E-state index is 11.7. The van der Waals surface area contributed by atoms with Crippen molar-refractivity contribution >= 4 is 11.7 Å². The average molecular weight is 288 g/mol. The van der Waals surface area contributed by atoms with Crippen molar-refractivity contribution < 1.29 is 9.53 Å². The van der Waals surface area contributed by atoms with Gasteiger partial charge in [-0.25, -0.2) is 4.79 Å². The highest BCUT2D eigenvalue weighted by atomic mass is 16.5. The number of amides is 2. The fraction of sp³-hybridized carbons (Fsp3) is 0.333. The third-order valence-electron chi connectivity index (χ3n) is 2.93. The molecule has 0 aliphatic carbocycles. The number of carbonyl (C=O) groups is 1. The predicted molar refractivity (Wildman–Crippen MR) is 81.5 cm³/mol. The molecule has 1 unspecified atom stereocenters. The molecule has 0 bridgehead atoms. The number of carbonyl (C=O) groups excluding carboxylic acids is 1. The van der Waals surface area contributed by atoms with Crippen LogP contribution >= 0.6 is 0 Å². The third-order valence-corrected chi connectivity index (χ3v) is 2.93. The van der Waals surface area contributed by atoms with Crippen molar-refractivity contribution in [2.45, 2.75) is 20.0 Å². The van der Waals surface area contributed by atoms with Crippen molar-refractivity contribution in [2.24, 2.45) is 7.05 Å². The van der Waals surface area contributed by atoms with Gasteiger partial charge < -0.3 is 15.4 Å². The summed E-state index contributed by atoms with van der Waals surface area (Å²) < 4.78 is 7.42. The Balaban J connectivity index is 1.77. The molecule has 2 rings (SSSR count). The van der Waals surface area contributed by atoms with Gasteiger partial charge in [-0.05, 0) is 25.5 Å². The Morgan fingerprint density at radius 1 is 1.43 bits per heavy atom. The van der Waals surface area contributed by atoms with E-state index in [-0.39, 0.29) is 12.1 Å². The molecule has 2 amide bonds. The third kappa shape index (κ3) is 4.52. The number of para-hydroxylation sites is 1. The highest BCUT2D eigenvalue weighted by Gasteiger charge is 2.08. The maximum Gasteiger partial charge on any atom is 0.319 e. The van der Waals surface area contributed by atoms with Crippen molar-refractivity contribution in [3.8, 4) is 5.75 Å². The van der Waals surface area contributed by atoms with Crippen LogP contribution in [-0.4, -0.2) is 28.5 Å². The van der Waals surface area contributed by atoms with E-state index >= 15 is 0 Å². The smallest absolute Gasteiger partial charge is 0.319 e. The van der Waals surface area contributed by atoms with E-state index in [9.17, 15) is 4.79 Å². The van der Waals surface area contributed by atoms with Crippen LogP contribution in [0.1, 0.15) is 12.5 Å². The van der Waals surface area contributed by atoms with Gasteiger partial charge >= 0.3 is 6.03 Å². The van der Waals surface area contributed by atoms with Gasteiger partial charge in [0.05, 0.1) is 18.4 Å². The molecule has 2 aromatic rings. The normalized spacial score (nSPS) is 11.8. The van der Waals surface area contributed by atoms with Gasteiger partial charge in [-0.2, -0.15) is 5.10 Å². The first-order chi connectivity index (χ1) is 10.0. The Kier molecular flexibility index (Phi) is 4.81. The molecular formula is C15H20N4O2. The summed E-state index contributed by atoms with van der Waals surface area (Å²) in [5, 5.41) is 9.45. The highest BCUT2D eigenvalue weighted by Crippen LogP contribution is 2.17. The molecular weight excluding hydrogens is 268 g/mol. The van der Waals surface area contributed by atoms with Gasteiger partial charge in [0.15, 0.2) is 0 Å². The molecule has 2 N–H and O–H groups in total. The molecule has 0 saturated heterocycles. The lowest BCUT2D eigenvalue weighted by Crippen LogP contribution is -2.36. The predicted octanol–water partition coefficient (Wildman–Crippen LogP) is 2.32. The number of hydrogen-bond acceptors (Lipinski definition) is 3. The number of ether oxygens (including phenoxy) is 1. The van der Waals surface area contributed by atoms with Crippen molar-refractivity contribution in [2.75, 3.05) is 11.9 Å². The monoisotopic (exact) mass is 288 g/mol. The van der Waals surface area contributed by atoms with E-state index in [1.165, 1.54) is 0 Å². The van der Waals surface area contributed by atoms with Crippen LogP contribution in [0.25, 0.3) is 0 Å². The SMILES string of the molecule is Cc1ccccc1OC(C)CNC(=O)Nc1cnn(C)c1. The van der Waals surface area contributed by atoms with E-state index in [1.54, 1.807) is 24.1 Å². The molecule has 0 radical (unpaired) electrons. The first kappa shape index (κ1) is 14.9. The van der Waals surface area contributed by atoms with Crippen molar-refractivity contribution in [3.63, 3.8) is 0 Å². The number of nitrogens with zero attached hydrogens (tertiary/aromatic N) is 2. The number of benzene rings is 1. The zero-order chi connectivity index (χ0) is 15.2. The molecule has 1 aromatic carbocycles. The zero-order valence-corrected chi connectivity index (χ0v) is 12.5. The summed E-state index contributed by atoms with van der Waals surface area (Å²) in [6.45, 7) is 4.32. The molecule has 0 aliphatic rings. The number of rotatable bonds is 5. The minimum Gasteiger partial charge on any atom is -0.489 e. The largest absolute Gasteiger partial charge is 0.489 e. The number of nitrogens with one attached hydrogen (secondary N) is 2. The molecule has 6 heteroatoms. The van der Waals surface area contributed by atoms with Crippen molar-refractivity contribution in [1.82, 2.24) is 15.1 Å². The number of aryl methyl sites for hydroxylation is 2. The van der Waals surface area contributed by atoms with E-state index in [4.69, 9.17) is 4.74 Å². The van der Waals surface area contributed by atoms with Crippen LogP contribution in [0.2, 0.25) is 0 Å². The summed E-state index contributed by atoms with van der Waals surface area (Å²) in [5.41, 5.74) is 1.73. The minimum absolute atomic E-state index is 0.120. The second kappa shape index (κ2) is 6.78. The van der Waals surface area contributed by atoms with Crippen LogP contribution in [0.4, 0.5) is 10.5 Å². The number of urea groups is 1. The lowest BCUT2D eigenvalue weighted by atomic mass is 10.2. The summed E-state index contributed by atoms with van der Waals surface area (Å²) in [6.07, 6.45) is 3.20. The van der Waals surface area contributed by atoms with Gasteiger partial charge in [0, 0.05) is 13.2 Å². The number of anilines is 1. The van der Waals surface area contributed by atoms with Crippen LogP contribution < -0.4 is 15.4 Å². The summed E-state index contributed by atoms with van der Waals surface area (Å²) in [7, 11) is 1.79. The molecule has 6 nitrogen and oxygen atoms in total. The Labute approximate surface area is 124 Å². The standard InChI is InChI=1S/C15H20N4O2/c1-11-6-4-5-7-14(11)21-12(2)8-16-15(20)18-13-9-17-19(3)10-13/h4-7,9-10,12H,8H2,1-3H3,(H2,16,18,20). The molecule has 21 heavy (non-hydrogen) atoms. The lowest BCUT2D eigenvalue weighted by Gasteiger charge is -2.17. The summed E-state index contributed by atoms with van der Waals surface area (Å²) in [5.74, 6) is 0.833. The van der Waals surface area contributed by atoms with E-state index in [2.05, 4.69) is 15.7 Å². The quantitative estimate of drug-likeness (QED) is 0.887. The van der Waals surface area contributed by atoms with Crippen molar-refractivity contribution in [1.29, 1.82) is 0 Å². The second-order valence-corrected chi connectivity index (χ2v) is 4.93. The van der Waals surface area contributed by atoms with Gasteiger partial charge in [0.25, 0.3) is 0 Å². The molecule has 1 atom stereocenters. The Bertz CT molecular complexity index is 609. The first-order valence-corrected chi connectivity index (χ1v) is 6.80.